The summed E-state index contributed by atoms with van der Waals surface area (Å²) in [6, 6.07) is 8.82. The number of rotatable bonds is 7. The van der Waals surface area contributed by atoms with Crippen LogP contribution in [0.4, 0.5) is 5.69 Å². The summed E-state index contributed by atoms with van der Waals surface area (Å²) in [7, 11) is 0. The van der Waals surface area contributed by atoms with Crippen LogP contribution in [0.2, 0.25) is 0 Å². The largest absolute Gasteiger partial charge is 0.494 e. The summed E-state index contributed by atoms with van der Waals surface area (Å²) in [4.78, 5) is 20.8. The Balaban J connectivity index is 1.79. The third-order valence-electron chi connectivity index (χ3n) is 3.59. The summed E-state index contributed by atoms with van der Waals surface area (Å²) < 4.78 is 12.8. The third-order valence-corrected chi connectivity index (χ3v) is 3.59. The minimum absolute atomic E-state index is 0.274. The molecule has 0 atom stereocenters. The molecule has 0 unspecified atom stereocenters. The van der Waals surface area contributed by atoms with Crippen LogP contribution >= 0.6 is 0 Å². The second kappa shape index (κ2) is 8.15. The van der Waals surface area contributed by atoms with Crippen LogP contribution < -0.4 is 14.8 Å². The monoisotopic (exact) mass is 352 g/mol. The highest BCUT2D eigenvalue weighted by molar-refractivity contribution is 6.05. The highest BCUT2D eigenvalue weighted by Crippen LogP contribution is 2.30. The van der Waals surface area contributed by atoms with Gasteiger partial charge in [-0.15, -0.1) is 0 Å². The van der Waals surface area contributed by atoms with Crippen LogP contribution in [0.3, 0.4) is 0 Å². The first-order valence-corrected chi connectivity index (χ1v) is 8.36. The number of aromatic nitrogens is 3. The number of ether oxygens (including phenoxy) is 2. The molecule has 0 saturated carbocycles. The predicted molar refractivity (Wildman–Crippen MR) is 98.1 cm³/mol. The number of hydrogen-bond donors (Lipinski definition) is 1. The Morgan fingerprint density at radius 2 is 2.00 bits per heavy atom. The number of carbonyl (C=O) groups excluding carboxylic acids is 1. The van der Waals surface area contributed by atoms with Gasteiger partial charge in [-0.1, -0.05) is 0 Å². The van der Waals surface area contributed by atoms with E-state index in [1.807, 2.05) is 19.9 Å². The molecule has 3 rings (SSSR count). The van der Waals surface area contributed by atoms with Crippen molar-refractivity contribution >= 4 is 11.6 Å². The van der Waals surface area contributed by atoms with Gasteiger partial charge in [0.05, 0.1) is 24.5 Å². The molecule has 0 aliphatic heterocycles. The van der Waals surface area contributed by atoms with E-state index in [9.17, 15) is 4.79 Å². The van der Waals surface area contributed by atoms with E-state index in [-0.39, 0.29) is 5.91 Å². The van der Waals surface area contributed by atoms with E-state index in [2.05, 4.69) is 15.3 Å². The number of pyridine rings is 1. The average molecular weight is 352 g/mol. The Bertz CT molecular complexity index is 861. The number of hydrogen-bond acceptors (Lipinski definition) is 5. The zero-order chi connectivity index (χ0) is 18.4. The normalized spacial score (nSPS) is 10.4. The molecule has 0 saturated heterocycles. The summed E-state index contributed by atoms with van der Waals surface area (Å²) in [6.07, 6.45) is 6.63. The molecule has 0 spiro atoms. The molecule has 3 aromatic rings. The van der Waals surface area contributed by atoms with Crippen molar-refractivity contribution in [2.45, 2.75) is 13.8 Å². The maximum absolute atomic E-state index is 12.6. The van der Waals surface area contributed by atoms with Gasteiger partial charge in [0.15, 0.2) is 0 Å². The highest BCUT2D eigenvalue weighted by Gasteiger charge is 2.12. The smallest absolute Gasteiger partial charge is 0.257 e. The lowest BCUT2D eigenvalue weighted by Crippen LogP contribution is -2.14. The molecule has 2 aromatic heterocycles. The van der Waals surface area contributed by atoms with Gasteiger partial charge in [0.1, 0.15) is 23.6 Å². The molecule has 1 aromatic carbocycles. The fraction of sp³-hybridized carbons (Fsp3) is 0.211. The highest BCUT2D eigenvalue weighted by atomic mass is 16.5. The van der Waals surface area contributed by atoms with E-state index in [1.54, 1.807) is 47.6 Å². The summed E-state index contributed by atoms with van der Waals surface area (Å²) in [5.41, 5.74) is 1.000. The molecular formula is C19H20N4O3. The van der Waals surface area contributed by atoms with E-state index >= 15 is 0 Å². The lowest BCUT2D eigenvalue weighted by atomic mass is 10.2. The van der Waals surface area contributed by atoms with Gasteiger partial charge in [-0.2, -0.15) is 0 Å². The van der Waals surface area contributed by atoms with Crippen molar-refractivity contribution in [2.75, 3.05) is 18.5 Å². The molecule has 7 heteroatoms. The summed E-state index contributed by atoms with van der Waals surface area (Å²) in [5.74, 6) is 1.67. The zero-order valence-electron chi connectivity index (χ0n) is 14.7. The van der Waals surface area contributed by atoms with E-state index in [4.69, 9.17) is 9.47 Å². The van der Waals surface area contributed by atoms with Crippen molar-refractivity contribution in [2.24, 2.45) is 0 Å². The first kappa shape index (κ1) is 17.5. The molecule has 1 N–H and O–H groups in total. The van der Waals surface area contributed by atoms with Crippen LogP contribution in [0.5, 0.6) is 11.5 Å². The molecule has 0 aliphatic rings. The van der Waals surface area contributed by atoms with Crippen LogP contribution in [0, 0.1) is 0 Å². The quantitative estimate of drug-likeness (QED) is 0.706. The maximum Gasteiger partial charge on any atom is 0.257 e. The molecule has 2 heterocycles. The second-order valence-electron chi connectivity index (χ2n) is 5.35. The molecule has 134 valence electrons. The van der Waals surface area contributed by atoms with E-state index in [1.165, 1.54) is 6.20 Å². The van der Waals surface area contributed by atoms with Crippen LogP contribution in [0.15, 0.2) is 55.2 Å². The van der Waals surface area contributed by atoms with Crippen molar-refractivity contribution < 1.29 is 14.3 Å². The molecule has 0 radical (unpaired) electrons. The topological polar surface area (TPSA) is 78.3 Å². The van der Waals surface area contributed by atoms with Gasteiger partial charge in [0.2, 0.25) is 0 Å². The van der Waals surface area contributed by atoms with Gasteiger partial charge in [-0.25, -0.2) is 9.97 Å². The molecule has 26 heavy (non-hydrogen) atoms. The van der Waals surface area contributed by atoms with Crippen LogP contribution in [-0.2, 0) is 0 Å². The van der Waals surface area contributed by atoms with Crippen molar-refractivity contribution in [3.63, 3.8) is 0 Å². The Morgan fingerprint density at radius 1 is 1.15 bits per heavy atom. The minimum atomic E-state index is -0.274. The lowest BCUT2D eigenvalue weighted by Gasteiger charge is -2.13. The number of imidazole rings is 1. The van der Waals surface area contributed by atoms with Gasteiger partial charge in [-0.05, 0) is 38.1 Å². The number of nitrogens with one attached hydrogen (secondary N) is 1. The van der Waals surface area contributed by atoms with Gasteiger partial charge >= 0.3 is 0 Å². The molecule has 0 aliphatic carbocycles. The summed E-state index contributed by atoms with van der Waals surface area (Å²) in [5, 5.41) is 2.86. The lowest BCUT2D eigenvalue weighted by molar-refractivity contribution is 0.102. The van der Waals surface area contributed by atoms with Crippen LogP contribution in [0.1, 0.15) is 24.2 Å². The SMILES string of the molecule is CCOc1ccc(OCC)c(NC(=O)c2ccc(-n3ccnc3)nc2)c1. The first-order valence-electron chi connectivity index (χ1n) is 8.36. The molecule has 0 bridgehead atoms. The summed E-state index contributed by atoms with van der Waals surface area (Å²) >= 11 is 0. The summed E-state index contributed by atoms with van der Waals surface area (Å²) in [6.45, 7) is 4.84. The third kappa shape index (κ3) is 4.00. The molecular weight excluding hydrogens is 332 g/mol. The Labute approximate surface area is 151 Å². The van der Waals surface area contributed by atoms with E-state index in [0.29, 0.717) is 41.8 Å². The predicted octanol–water partition coefficient (Wildman–Crippen LogP) is 3.32. The Morgan fingerprint density at radius 3 is 2.65 bits per heavy atom. The Hall–Kier alpha value is -3.35. The van der Waals surface area contributed by atoms with Gasteiger partial charge in [0, 0.05) is 24.7 Å². The number of nitrogens with zero attached hydrogens (tertiary/aromatic N) is 3. The number of benzene rings is 1. The molecule has 7 nitrogen and oxygen atoms in total. The van der Waals surface area contributed by atoms with E-state index < -0.39 is 0 Å². The van der Waals surface area contributed by atoms with E-state index in [0.717, 1.165) is 0 Å². The van der Waals surface area contributed by atoms with Crippen molar-refractivity contribution in [1.82, 2.24) is 14.5 Å². The number of anilines is 1. The fourth-order valence-corrected chi connectivity index (χ4v) is 2.41. The Kier molecular flexibility index (Phi) is 5.48. The molecule has 0 fully saturated rings. The minimum Gasteiger partial charge on any atom is -0.494 e. The van der Waals surface area contributed by atoms with Crippen LogP contribution in [-0.4, -0.2) is 33.7 Å². The fourth-order valence-electron chi connectivity index (χ4n) is 2.41. The maximum atomic E-state index is 12.6. The van der Waals surface area contributed by atoms with Crippen LogP contribution in [0.25, 0.3) is 5.82 Å². The number of carbonyl (C=O) groups is 1. The second-order valence-corrected chi connectivity index (χ2v) is 5.35. The number of amides is 1. The van der Waals surface area contributed by atoms with Crippen molar-refractivity contribution in [3.05, 3.63) is 60.8 Å². The van der Waals surface area contributed by atoms with Gasteiger partial charge in [-0.3, -0.25) is 9.36 Å². The first-order chi connectivity index (χ1) is 12.7. The van der Waals surface area contributed by atoms with Crippen molar-refractivity contribution in [1.29, 1.82) is 0 Å². The average Bonchev–Trinajstić information content (AvgIpc) is 3.19. The molecule has 1 amide bonds. The van der Waals surface area contributed by atoms with Gasteiger partial charge in [0.25, 0.3) is 5.91 Å². The zero-order valence-corrected chi connectivity index (χ0v) is 14.7. The standard InChI is InChI=1S/C19H20N4O3/c1-3-25-15-6-7-17(26-4-2)16(11-15)22-19(24)14-5-8-18(21-12-14)23-10-9-20-13-23/h5-13H,3-4H2,1-2H3,(H,22,24). The van der Waals surface area contributed by atoms with Gasteiger partial charge < -0.3 is 14.8 Å². The van der Waals surface area contributed by atoms with Crippen molar-refractivity contribution in [3.8, 4) is 17.3 Å².